The minimum absolute atomic E-state index is 0.386. The molecule has 0 saturated carbocycles. The molecule has 0 fully saturated rings. The number of anilines is 3. The standard InChI is InChI=1S/C11H11BrN4O/c1-17-9-3-2-7(12)4-8(9)16-11-6-14-10(13)5-15-11/h2-6H,1H3,(H2,13,14)(H,15,16). The van der Waals surface area contributed by atoms with Crippen molar-refractivity contribution in [3.05, 3.63) is 35.1 Å². The normalized spacial score (nSPS) is 10.0. The van der Waals surface area contributed by atoms with Gasteiger partial charge in [-0.25, -0.2) is 9.97 Å². The van der Waals surface area contributed by atoms with E-state index in [0.717, 1.165) is 15.9 Å². The lowest BCUT2D eigenvalue weighted by atomic mass is 10.3. The van der Waals surface area contributed by atoms with Crippen LogP contribution in [-0.4, -0.2) is 17.1 Å². The van der Waals surface area contributed by atoms with Crippen LogP contribution in [0.3, 0.4) is 0 Å². The molecule has 2 rings (SSSR count). The van der Waals surface area contributed by atoms with Crippen molar-refractivity contribution >= 4 is 33.3 Å². The molecule has 0 atom stereocenters. The number of nitrogens with one attached hydrogen (secondary N) is 1. The van der Waals surface area contributed by atoms with E-state index in [9.17, 15) is 0 Å². The molecule has 0 saturated heterocycles. The van der Waals surface area contributed by atoms with E-state index in [-0.39, 0.29) is 0 Å². The van der Waals surface area contributed by atoms with Crippen molar-refractivity contribution in [1.82, 2.24) is 9.97 Å². The molecule has 0 amide bonds. The molecule has 5 nitrogen and oxygen atoms in total. The van der Waals surface area contributed by atoms with Gasteiger partial charge >= 0.3 is 0 Å². The molecule has 2 aromatic rings. The molecule has 17 heavy (non-hydrogen) atoms. The number of halogens is 1. The van der Waals surface area contributed by atoms with E-state index in [1.54, 1.807) is 13.3 Å². The van der Waals surface area contributed by atoms with Gasteiger partial charge in [-0.05, 0) is 18.2 Å². The largest absolute Gasteiger partial charge is 0.495 e. The second-order valence-electron chi connectivity index (χ2n) is 3.30. The summed E-state index contributed by atoms with van der Waals surface area (Å²) in [6.45, 7) is 0. The quantitative estimate of drug-likeness (QED) is 0.910. The lowest BCUT2D eigenvalue weighted by molar-refractivity contribution is 0.416. The fraction of sp³-hybridized carbons (Fsp3) is 0.0909. The third kappa shape index (κ3) is 2.85. The summed E-state index contributed by atoms with van der Waals surface area (Å²) in [7, 11) is 1.61. The molecular weight excluding hydrogens is 284 g/mol. The van der Waals surface area contributed by atoms with Crippen molar-refractivity contribution in [1.29, 1.82) is 0 Å². The van der Waals surface area contributed by atoms with Crippen LogP contribution in [0.15, 0.2) is 35.1 Å². The summed E-state index contributed by atoms with van der Waals surface area (Å²) < 4.78 is 6.19. The Labute approximate surface area is 107 Å². The number of nitrogens with two attached hydrogens (primary N) is 1. The summed E-state index contributed by atoms with van der Waals surface area (Å²) in [4.78, 5) is 8.06. The molecular formula is C11H11BrN4O. The van der Waals surface area contributed by atoms with Gasteiger partial charge in [0.1, 0.15) is 17.4 Å². The van der Waals surface area contributed by atoms with Crippen LogP contribution in [-0.2, 0) is 0 Å². The number of ether oxygens (including phenoxy) is 1. The van der Waals surface area contributed by atoms with Crippen molar-refractivity contribution in [3.8, 4) is 5.75 Å². The maximum Gasteiger partial charge on any atom is 0.149 e. The molecule has 0 aliphatic carbocycles. The van der Waals surface area contributed by atoms with E-state index in [1.807, 2.05) is 18.2 Å². The van der Waals surface area contributed by atoms with E-state index < -0.39 is 0 Å². The average Bonchev–Trinajstić information content (AvgIpc) is 2.32. The van der Waals surface area contributed by atoms with E-state index in [0.29, 0.717) is 11.6 Å². The number of rotatable bonds is 3. The number of methoxy groups -OCH3 is 1. The van der Waals surface area contributed by atoms with E-state index in [2.05, 4.69) is 31.2 Å². The third-order valence-corrected chi connectivity index (χ3v) is 2.59. The molecule has 0 radical (unpaired) electrons. The second kappa shape index (κ2) is 5.01. The van der Waals surface area contributed by atoms with E-state index in [1.165, 1.54) is 6.20 Å². The summed E-state index contributed by atoms with van der Waals surface area (Å²) in [5, 5.41) is 3.11. The van der Waals surface area contributed by atoms with E-state index >= 15 is 0 Å². The van der Waals surface area contributed by atoms with Gasteiger partial charge in [0.25, 0.3) is 0 Å². The van der Waals surface area contributed by atoms with Crippen molar-refractivity contribution in [2.45, 2.75) is 0 Å². The Kier molecular flexibility index (Phi) is 3.43. The van der Waals surface area contributed by atoms with Crippen LogP contribution in [0.1, 0.15) is 0 Å². The molecule has 6 heteroatoms. The van der Waals surface area contributed by atoms with Gasteiger partial charge in [0.2, 0.25) is 0 Å². The molecule has 0 spiro atoms. The molecule has 1 heterocycles. The molecule has 0 aliphatic rings. The molecule has 0 aliphatic heterocycles. The lowest BCUT2D eigenvalue weighted by Gasteiger charge is -2.10. The Morgan fingerprint density at radius 2 is 2.12 bits per heavy atom. The van der Waals surface area contributed by atoms with Crippen LogP contribution in [0.5, 0.6) is 5.75 Å². The van der Waals surface area contributed by atoms with Gasteiger partial charge in [0.15, 0.2) is 0 Å². The maximum atomic E-state index is 5.47. The summed E-state index contributed by atoms with van der Waals surface area (Å²) in [6.07, 6.45) is 3.06. The van der Waals surface area contributed by atoms with Crippen LogP contribution < -0.4 is 15.8 Å². The minimum atomic E-state index is 0.386. The Hall–Kier alpha value is -1.82. The number of nitrogen functional groups attached to an aromatic ring is 1. The number of benzene rings is 1. The monoisotopic (exact) mass is 294 g/mol. The van der Waals surface area contributed by atoms with Gasteiger partial charge in [-0.1, -0.05) is 15.9 Å². The van der Waals surface area contributed by atoms with Crippen LogP contribution in [0.4, 0.5) is 17.3 Å². The van der Waals surface area contributed by atoms with E-state index in [4.69, 9.17) is 10.5 Å². The van der Waals surface area contributed by atoms with Gasteiger partial charge in [0, 0.05) is 4.47 Å². The molecule has 1 aromatic carbocycles. The fourth-order valence-electron chi connectivity index (χ4n) is 1.32. The number of nitrogens with zero attached hydrogens (tertiary/aromatic N) is 2. The fourth-order valence-corrected chi connectivity index (χ4v) is 1.68. The Morgan fingerprint density at radius 1 is 1.29 bits per heavy atom. The smallest absolute Gasteiger partial charge is 0.149 e. The second-order valence-corrected chi connectivity index (χ2v) is 4.21. The first-order valence-corrected chi connectivity index (χ1v) is 5.66. The third-order valence-electron chi connectivity index (χ3n) is 2.10. The van der Waals surface area contributed by atoms with Crippen molar-refractivity contribution in [3.63, 3.8) is 0 Å². The predicted octanol–water partition coefficient (Wildman–Crippen LogP) is 2.57. The number of aromatic nitrogens is 2. The lowest BCUT2D eigenvalue weighted by Crippen LogP contribution is -1.99. The predicted molar refractivity (Wildman–Crippen MR) is 70.4 cm³/mol. The summed E-state index contributed by atoms with van der Waals surface area (Å²) in [5.74, 6) is 1.72. The van der Waals surface area contributed by atoms with Gasteiger partial charge in [-0.15, -0.1) is 0 Å². The highest BCUT2D eigenvalue weighted by Crippen LogP contribution is 2.29. The zero-order valence-electron chi connectivity index (χ0n) is 9.14. The Morgan fingerprint density at radius 3 is 2.76 bits per heavy atom. The van der Waals surface area contributed by atoms with Crippen LogP contribution in [0, 0.1) is 0 Å². The van der Waals surface area contributed by atoms with Crippen molar-refractivity contribution in [2.24, 2.45) is 0 Å². The van der Waals surface area contributed by atoms with Gasteiger partial charge < -0.3 is 15.8 Å². The zero-order valence-corrected chi connectivity index (χ0v) is 10.7. The first kappa shape index (κ1) is 11.7. The van der Waals surface area contributed by atoms with Crippen molar-refractivity contribution in [2.75, 3.05) is 18.2 Å². The van der Waals surface area contributed by atoms with Crippen LogP contribution in [0.2, 0.25) is 0 Å². The van der Waals surface area contributed by atoms with Crippen LogP contribution >= 0.6 is 15.9 Å². The van der Waals surface area contributed by atoms with Gasteiger partial charge in [-0.3, -0.25) is 0 Å². The SMILES string of the molecule is COc1ccc(Br)cc1Nc1cnc(N)cn1. The highest BCUT2D eigenvalue weighted by Gasteiger charge is 2.04. The highest BCUT2D eigenvalue weighted by atomic mass is 79.9. The van der Waals surface area contributed by atoms with Gasteiger partial charge in [-0.2, -0.15) is 0 Å². The first-order valence-electron chi connectivity index (χ1n) is 4.87. The Bertz CT molecular complexity index is 515. The molecule has 88 valence electrons. The molecule has 0 bridgehead atoms. The molecule has 3 N–H and O–H groups in total. The Balaban J connectivity index is 2.28. The average molecular weight is 295 g/mol. The van der Waals surface area contributed by atoms with Crippen LogP contribution in [0.25, 0.3) is 0 Å². The topological polar surface area (TPSA) is 73.1 Å². The first-order chi connectivity index (χ1) is 8.19. The number of hydrogen-bond acceptors (Lipinski definition) is 5. The summed E-state index contributed by atoms with van der Waals surface area (Å²) in [5.41, 5.74) is 6.27. The minimum Gasteiger partial charge on any atom is -0.495 e. The highest BCUT2D eigenvalue weighted by molar-refractivity contribution is 9.10. The molecule has 1 aromatic heterocycles. The number of hydrogen-bond donors (Lipinski definition) is 2. The maximum absolute atomic E-state index is 5.47. The van der Waals surface area contributed by atoms with Gasteiger partial charge in [0.05, 0.1) is 25.2 Å². The zero-order chi connectivity index (χ0) is 12.3. The van der Waals surface area contributed by atoms with Crippen molar-refractivity contribution < 1.29 is 4.74 Å². The molecule has 0 unspecified atom stereocenters. The summed E-state index contributed by atoms with van der Waals surface area (Å²) in [6, 6.07) is 5.66. The summed E-state index contributed by atoms with van der Waals surface area (Å²) >= 11 is 3.40.